The third-order valence-electron chi connectivity index (χ3n) is 2.29. The highest BCUT2D eigenvalue weighted by Crippen LogP contribution is 2.33. The third-order valence-corrected chi connectivity index (χ3v) is 3.49. The fourth-order valence-electron chi connectivity index (χ4n) is 1.46. The zero-order chi connectivity index (χ0) is 12.3. The Morgan fingerprint density at radius 1 is 1.18 bits per heavy atom. The molecule has 0 spiro atoms. The molecule has 0 aliphatic rings. The Morgan fingerprint density at radius 3 is 2.47 bits per heavy atom. The minimum Gasteiger partial charge on any atom is -0.506 e. The first-order chi connectivity index (χ1) is 8.16. The van der Waals surface area contributed by atoms with Gasteiger partial charge in [0, 0.05) is 6.54 Å². The molecule has 0 unspecified atom stereocenters. The van der Waals surface area contributed by atoms with Crippen molar-refractivity contribution in [2.45, 2.75) is 13.1 Å². The molecule has 1 heterocycles. The van der Waals surface area contributed by atoms with Gasteiger partial charge < -0.3 is 14.8 Å². The molecule has 1 aromatic carbocycles. The molecule has 0 atom stereocenters. The highest BCUT2D eigenvalue weighted by atomic mass is 79.9. The Bertz CT molecular complexity index is 474. The van der Waals surface area contributed by atoms with Crippen molar-refractivity contribution >= 4 is 31.9 Å². The summed E-state index contributed by atoms with van der Waals surface area (Å²) >= 11 is 6.60. The first-order valence-corrected chi connectivity index (χ1v) is 6.65. The van der Waals surface area contributed by atoms with Gasteiger partial charge in [-0.15, -0.1) is 0 Å². The molecule has 0 saturated carbocycles. The van der Waals surface area contributed by atoms with Crippen LogP contribution in [0.15, 0.2) is 43.9 Å². The van der Waals surface area contributed by atoms with Crippen molar-refractivity contribution in [3.63, 3.8) is 0 Å². The van der Waals surface area contributed by atoms with Crippen LogP contribution in [0.2, 0.25) is 0 Å². The molecule has 2 rings (SSSR count). The normalized spacial score (nSPS) is 10.7. The lowest BCUT2D eigenvalue weighted by Gasteiger charge is -2.06. The van der Waals surface area contributed by atoms with Crippen molar-refractivity contribution in [3.05, 3.63) is 50.8 Å². The summed E-state index contributed by atoms with van der Waals surface area (Å²) < 4.78 is 6.58. The molecule has 0 radical (unpaired) electrons. The zero-order valence-corrected chi connectivity index (χ0v) is 12.1. The van der Waals surface area contributed by atoms with Gasteiger partial charge in [0.25, 0.3) is 0 Å². The SMILES string of the molecule is Oc1c(Br)cc(CNCc2ccco2)cc1Br. The van der Waals surface area contributed by atoms with Gasteiger partial charge in [0.1, 0.15) is 11.5 Å². The van der Waals surface area contributed by atoms with E-state index in [1.807, 2.05) is 24.3 Å². The largest absolute Gasteiger partial charge is 0.506 e. The number of hydrogen-bond acceptors (Lipinski definition) is 3. The van der Waals surface area contributed by atoms with Crippen LogP contribution in [0, 0.1) is 0 Å². The molecule has 1 aromatic heterocycles. The number of phenolic OH excluding ortho intramolecular Hbond substituents is 1. The lowest BCUT2D eigenvalue weighted by atomic mass is 10.2. The van der Waals surface area contributed by atoms with Crippen LogP contribution in [-0.2, 0) is 13.1 Å². The summed E-state index contributed by atoms with van der Waals surface area (Å²) in [6.45, 7) is 1.39. The second kappa shape index (κ2) is 5.71. The predicted molar refractivity (Wildman–Crippen MR) is 72.8 cm³/mol. The Kier molecular flexibility index (Phi) is 4.25. The standard InChI is InChI=1S/C12H11Br2NO2/c13-10-4-8(5-11(14)12(10)16)6-15-7-9-2-1-3-17-9/h1-5,15-16H,6-7H2. The first-order valence-electron chi connectivity index (χ1n) is 5.07. The number of hydrogen-bond donors (Lipinski definition) is 2. The maximum absolute atomic E-state index is 9.58. The van der Waals surface area contributed by atoms with Crippen molar-refractivity contribution in [2.75, 3.05) is 0 Å². The van der Waals surface area contributed by atoms with Crippen LogP contribution in [0.4, 0.5) is 0 Å². The number of aromatic hydroxyl groups is 1. The van der Waals surface area contributed by atoms with Crippen molar-refractivity contribution < 1.29 is 9.52 Å². The van der Waals surface area contributed by atoms with Gasteiger partial charge in [0.2, 0.25) is 0 Å². The van der Waals surface area contributed by atoms with E-state index >= 15 is 0 Å². The number of rotatable bonds is 4. The molecule has 0 aliphatic heterocycles. The molecule has 5 heteroatoms. The number of nitrogens with one attached hydrogen (secondary N) is 1. The molecule has 0 bridgehead atoms. The van der Waals surface area contributed by atoms with Gasteiger partial charge in [-0.25, -0.2) is 0 Å². The van der Waals surface area contributed by atoms with Gasteiger partial charge >= 0.3 is 0 Å². The number of phenols is 1. The molecular formula is C12H11Br2NO2. The molecule has 0 fully saturated rings. The zero-order valence-electron chi connectivity index (χ0n) is 8.91. The number of furan rings is 1. The minimum absolute atomic E-state index is 0.222. The van der Waals surface area contributed by atoms with E-state index in [1.165, 1.54) is 0 Å². The van der Waals surface area contributed by atoms with Crippen LogP contribution in [0.3, 0.4) is 0 Å². The van der Waals surface area contributed by atoms with Gasteiger partial charge in [-0.1, -0.05) is 0 Å². The molecule has 2 aromatic rings. The number of halogens is 2. The topological polar surface area (TPSA) is 45.4 Å². The van der Waals surface area contributed by atoms with Gasteiger partial charge in [0.15, 0.2) is 0 Å². The third kappa shape index (κ3) is 3.34. The second-order valence-corrected chi connectivity index (χ2v) is 5.30. The van der Waals surface area contributed by atoms with Crippen molar-refractivity contribution in [1.82, 2.24) is 5.32 Å². The van der Waals surface area contributed by atoms with Crippen LogP contribution < -0.4 is 5.32 Å². The molecular weight excluding hydrogens is 350 g/mol. The van der Waals surface area contributed by atoms with Gasteiger partial charge in [0.05, 0.1) is 21.8 Å². The van der Waals surface area contributed by atoms with E-state index in [0.717, 1.165) is 11.3 Å². The molecule has 2 N–H and O–H groups in total. The molecule has 0 amide bonds. The molecule has 0 saturated heterocycles. The van der Waals surface area contributed by atoms with E-state index in [2.05, 4.69) is 37.2 Å². The highest BCUT2D eigenvalue weighted by Gasteiger charge is 2.05. The van der Waals surface area contributed by atoms with Gasteiger partial charge in [-0.05, 0) is 61.7 Å². The van der Waals surface area contributed by atoms with Gasteiger partial charge in [-0.2, -0.15) is 0 Å². The van der Waals surface area contributed by atoms with Crippen LogP contribution >= 0.6 is 31.9 Å². The Hall–Kier alpha value is -0.780. The fourth-order valence-corrected chi connectivity index (χ4v) is 2.74. The summed E-state index contributed by atoms with van der Waals surface area (Å²) in [6, 6.07) is 7.56. The van der Waals surface area contributed by atoms with Gasteiger partial charge in [-0.3, -0.25) is 0 Å². The van der Waals surface area contributed by atoms with E-state index < -0.39 is 0 Å². The first kappa shape index (κ1) is 12.7. The summed E-state index contributed by atoms with van der Waals surface area (Å²) in [5.41, 5.74) is 1.08. The quantitative estimate of drug-likeness (QED) is 0.871. The smallest absolute Gasteiger partial charge is 0.143 e. The highest BCUT2D eigenvalue weighted by molar-refractivity contribution is 9.11. The summed E-state index contributed by atoms with van der Waals surface area (Å²) in [6.07, 6.45) is 1.66. The number of benzene rings is 1. The van der Waals surface area contributed by atoms with E-state index in [4.69, 9.17) is 4.42 Å². The van der Waals surface area contributed by atoms with E-state index in [9.17, 15) is 5.11 Å². The average molecular weight is 361 g/mol. The van der Waals surface area contributed by atoms with E-state index in [1.54, 1.807) is 6.26 Å². The summed E-state index contributed by atoms with van der Waals surface area (Å²) in [5.74, 6) is 1.13. The minimum atomic E-state index is 0.222. The van der Waals surface area contributed by atoms with Crippen molar-refractivity contribution in [2.24, 2.45) is 0 Å². The molecule has 17 heavy (non-hydrogen) atoms. The van der Waals surface area contributed by atoms with Crippen LogP contribution in [0.25, 0.3) is 0 Å². The monoisotopic (exact) mass is 359 g/mol. The molecule has 3 nitrogen and oxygen atoms in total. The summed E-state index contributed by atoms with van der Waals surface area (Å²) in [4.78, 5) is 0. The lowest BCUT2D eigenvalue weighted by Crippen LogP contribution is -2.12. The summed E-state index contributed by atoms with van der Waals surface area (Å²) in [7, 11) is 0. The average Bonchev–Trinajstić information content (AvgIpc) is 2.79. The summed E-state index contributed by atoms with van der Waals surface area (Å²) in [5, 5.41) is 12.8. The Morgan fingerprint density at radius 2 is 1.88 bits per heavy atom. The van der Waals surface area contributed by atoms with Crippen LogP contribution in [0.5, 0.6) is 5.75 Å². The molecule has 90 valence electrons. The Labute approximate surface area is 116 Å². The lowest BCUT2D eigenvalue weighted by molar-refractivity contribution is 0.467. The fraction of sp³-hybridized carbons (Fsp3) is 0.167. The Balaban J connectivity index is 1.95. The van der Waals surface area contributed by atoms with Crippen LogP contribution in [-0.4, -0.2) is 5.11 Å². The second-order valence-electron chi connectivity index (χ2n) is 3.59. The van der Waals surface area contributed by atoms with Crippen molar-refractivity contribution in [1.29, 1.82) is 0 Å². The van der Waals surface area contributed by atoms with E-state index in [0.29, 0.717) is 22.0 Å². The van der Waals surface area contributed by atoms with E-state index in [-0.39, 0.29) is 5.75 Å². The maximum Gasteiger partial charge on any atom is 0.143 e. The van der Waals surface area contributed by atoms with Crippen LogP contribution in [0.1, 0.15) is 11.3 Å². The van der Waals surface area contributed by atoms with Crippen molar-refractivity contribution in [3.8, 4) is 5.75 Å². The molecule has 0 aliphatic carbocycles. The predicted octanol–water partition coefficient (Wildman–Crippen LogP) is 3.80. The maximum atomic E-state index is 9.58.